The zero-order valence-corrected chi connectivity index (χ0v) is 11.0. The summed E-state index contributed by atoms with van der Waals surface area (Å²) in [6.45, 7) is 4.35. The van der Waals surface area contributed by atoms with Crippen molar-refractivity contribution >= 4 is 17.5 Å². The summed E-state index contributed by atoms with van der Waals surface area (Å²) in [6.07, 6.45) is 0.502. The Hall–Kier alpha value is -1.88. The first-order chi connectivity index (χ1) is 8.95. The van der Waals surface area contributed by atoms with Gasteiger partial charge in [-0.25, -0.2) is 0 Å². The third-order valence-corrected chi connectivity index (χ3v) is 4.27. The van der Waals surface area contributed by atoms with Crippen LogP contribution >= 0.6 is 0 Å². The zero-order chi connectivity index (χ0) is 13.8. The number of ether oxygens (including phenoxy) is 1. The maximum absolute atomic E-state index is 12.5. The van der Waals surface area contributed by atoms with Gasteiger partial charge in [-0.15, -0.1) is 0 Å². The second-order valence-corrected chi connectivity index (χ2v) is 5.37. The van der Waals surface area contributed by atoms with E-state index in [1.807, 2.05) is 13.8 Å². The number of nitrogens with two attached hydrogens (primary N) is 1. The molecule has 2 aliphatic heterocycles. The average Bonchev–Trinajstić information content (AvgIpc) is 2.81. The fraction of sp³-hybridized carbons (Fsp3) is 0.429. The van der Waals surface area contributed by atoms with E-state index in [1.165, 1.54) is 4.90 Å². The molecule has 0 spiro atoms. The number of rotatable bonds is 1. The fourth-order valence-electron chi connectivity index (χ4n) is 2.84. The Labute approximate surface area is 111 Å². The zero-order valence-electron chi connectivity index (χ0n) is 11.0. The van der Waals surface area contributed by atoms with E-state index in [4.69, 9.17) is 10.5 Å². The Balaban J connectivity index is 2.08. The van der Waals surface area contributed by atoms with E-state index in [0.717, 1.165) is 0 Å². The van der Waals surface area contributed by atoms with Crippen molar-refractivity contribution < 1.29 is 14.3 Å². The van der Waals surface area contributed by atoms with Crippen LogP contribution in [0.25, 0.3) is 0 Å². The van der Waals surface area contributed by atoms with Gasteiger partial charge in [0.2, 0.25) is 0 Å². The quantitative estimate of drug-likeness (QED) is 0.612. The van der Waals surface area contributed by atoms with Crippen LogP contribution < -0.4 is 5.73 Å². The Kier molecular flexibility index (Phi) is 2.44. The van der Waals surface area contributed by atoms with Gasteiger partial charge in [-0.2, -0.15) is 0 Å². The van der Waals surface area contributed by atoms with Gasteiger partial charge in [-0.05, 0) is 38.5 Å². The number of benzene rings is 1. The summed E-state index contributed by atoms with van der Waals surface area (Å²) in [4.78, 5) is 26.3. The Morgan fingerprint density at radius 1 is 1.32 bits per heavy atom. The molecule has 0 aliphatic carbocycles. The molecule has 0 bridgehead atoms. The summed E-state index contributed by atoms with van der Waals surface area (Å²) >= 11 is 0. The normalized spacial score (nSPS) is 30.0. The third-order valence-electron chi connectivity index (χ3n) is 4.27. The van der Waals surface area contributed by atoms with E-state index in [9.17, 15) is 9.59 Å². The monoisotopic (exact) mass is 260 g/mol. The topological polar surface area (TPSA) is 72.6 Å². The molecule has 1 saturated heterocycles. The number of nitrogens with zero attached hydrogens (tertiary/aromatic N) is 1. The van der Waals surface area contributed by atoms with E-state index >= 15 is 0 Å². The van der Waals surface area contributed by atoms with Crippen LogP contribution in [-0.4, -0.2) is 35.0 Å². The van der Waals surface area contributed by atoms with Crippen LogP contribution in [0.2, 0.25) is 0 Å². The van der Waals surface area contributed by atoms with Crippen LogP contribution in [0, 0.1) is 0 Å². The van der Waals surface area contributed by atoms with Crippen LogP contribution in [0.1, 0.15) is 41.0 Å². The number of imide groups is 1. The van der Waals surface area contributed by atoms with Crippen molar-refractivity contribution in [3.63, 3.8) is 0 Å². The highest BCUT2D eigenvalue weighted by atomic mass is 16.5. The Bertz CT molecular complexity index is 584. The molecule has 2 aliphatic rings. The summed E-state index contributed by atoms with van der Waals surface area (Å²) in [7, 11) is 0. The van der Waals surface area contributed by atoms with Crippen LogP contribution in [0.5, 0.6) is 0 Å². The number of hydrogen-bond donors (Lipinski definition) is 1. The molecule has 2 heterocycles. The van der Waals surface area contributed by atoms with E-state index in [1.54, 1.807) is 18.2 Å². The lowest BCUT2D eigenvalue weighted by Crippen LogP contribution is -2.53. The lowest BCUT2D eigenvalue weighted by Gasteiger charge is -2.35. The van der Waals surface area contributed by atoms with Crippen LogP contribution in [0.3, 0.4) is 0 Å². The standard InChI is InChI=1S/C14H16N2O3/c1-8-14(2,5-6-19-8)16-12(17)10-4-3-9(15)7-11(10)13(16)18/h3-4,7-8H,5-6,15H2,1-2H3. The van der Waals surface area contributed by atoms with Gasteiger partial charge in [0.05, 0.1) is 22.8 Å². The lowest BCUT2D eigenvalue weighted by molar-refractivity contribution is 0.0209. The fourth-order valence-corrected chi connectivity index (χ4v) is 2.84. The minimum atomic E-state index is -0.581. The first kappa shape index (κ1) is 12.2. The van der Waals surface area contributed by atoms with Crippen molar-refractivity contribution in [2.75, 3.05) is 12.3 Å². The second-order valence-electron chi connectivity index (χ2n) is 5.37. The number of hydrogen-bond acceptors (Lipinski definition) is 4. The van der Waals surface area contributed by atoms with E-state index < -0.39 is 5.54 Å². The summed E-state index contributed by atoms with van der Waals surface area (Å²) in [5.74, 6) is -0.521. The number of amides is 2. The Morgan fingerprint density at radius 3 is 2.63 bits per heavy atom. The van der Waals surface area contributed by atoms with Gasteiger partial charge in [-0.1, -0.05) is 0 Å². The predicted octanol–water partition coefficient (Wildman–Crippen LogP) is 1.43. The van der Waals surface area contributed by atoms with Crippen molar-refractivity contribution in [1.29, 1.82) is 0 Å². The maximum atomic E-state index is 12.5. The molecule has 0 aromatic heterocycles. The third kappa shape index (κ3) is 1.51. The lowest BCUT2D eigenvalue weighted by atomic mass is 9.92. The molecule has 5 heteroatoms. The summed E-state index contributed by atoms with van der Waals surface area (Å²) in [5, 5.41) is 0. The molecule has 5 nitrogen and oxygen atoms in total. The molecule has 1 aromatic rings. The highest BCUT2D eigenvalue weighted by Crippen LogP contribution is 2.38. The van der Waals surface area contributed by atoms with E-state index in [0.29, 0.717) is 29.8 Å². The van der Waals surface area contributed by atoms with Crippen LogP contribution in [0.15, 0.2) is 18.2 Å². The maximum Gasteiger partial charge on any atom is 0.262 e. The minimum absolute atomic E-state index is 0.160. The molecule has 2 atom stereocenters. The highest BCUT2D eigenvalue weighted by Gasteiger charge is 2.51. The minimum Gasteiger partial charge on any atom is -0.399 e. The average molecular weight is 260 g/mol. The molecule has 0 radical (unpaired) electrons. The van der Waals surface area contributed by atoms with Gasteiger partial charge in [0.25, 0.3) is 11.8 Å². The smallest absolute Gasteiger partial charge is 0.262 e. The summed E-state index contributed by atoms with van der Waals surface area (Å²) in [5.41, 5.74) is 6.42. The number of anilines is 1. The molecule has 3 rings (SSSR count). The van der Waals surface area contributed by atoms with Crippen molar-refractivity contribution in [2.24, 2.45) is 0 Å². The van der Waals surface area contributed by atoms with E-state index in [2.05, 4.69) is 0 Å². The van der Waals surface area contributed by atoms with Crippen molar-refractivity contribution in [1.82, 2.24) is 4.90 Å². The Morgan fingerprint density at radius 2 is 2.00 bits per heavy atom. The number of fused-ring (bicyclic) bond motifs is 1. The summed E-state index contributed by atoms with van der Waals surface area (Å²) in [6, 6.07) is 4.83. The molecular formula is C14H16N2O3. The molecule has 2 amide bonds. The highest BCUT2D eigenvalue weighted by molar-refractivity contribution is 6.22. The first-order valence-corrected chi connectivity index (χ1v) is 6.35. The van der Waals surface area contributed by atoms with Gasteiger partial charge in [0, 0.05) is 12.3 Å². The molecule has 1 fully saturated rings. The number of carbonyl (C=O) groups is 2. The van der Waals surface area contributed by atoms with Gasteiger partial charge < -0.3 is 10.5 Å². The SMILES string of the molecule is CC1OCCC1(C)N1C(=O)c2ccc(N)cc2C1=O. The molecule has 100 valence electrons. The van der Waals surface area contributed by atoms with Gasteiger partial charge in [-0.3, -0.25) is 14.5 Å². The van der Waals surface area contributed by atoms with Crippen molar-refractivity contribution in [3.8, 4) is 0 Å². The number of carbonyl (C=O) groups excluding carboxylic acids is 2. The number of nitrogen functional groups attached to an aromatic ring is 1. The largest absolute Gasteiger partial charge is 0.399 e. The molecule has 19 heavy (non-hydrogen) atoms. The van der Waals surface area contributed by atoms with Crippen molar-refractivity contribution in [2.45, 2.75) is 31.9 Å². The molecule has 1 aromatic carbocycles. The van der Waals surface area contributed by atoms with Crippen LogP contribution in [-0.2, 0) is 4.74 Å². The molecule has 0 saturated carbocycles. The predicted molar refractivity (Wildman–Crippen MR) is 69.8 cm³/mol. The summed E-state index contributed by atoms with van der Waals surface area (Å²) < 4.78 is 5.53. The van der Waals surface area contributed by atoms with Gasteiger partial charge in [0.15, 0.2) is 0 Å². The van der Waals surface area contributed by atoms with E-state index in [-0.39, 0.29) is 17.9 Å². The van der Waals surface area contributed by atoms with Gasteiger partial charge >= 0.3 is 0 Å². The van der Waals surface area contributed by atoms with Crippen LogP contribution in [0.4, 0.5) is 5.69 Å². The molecule has 2 N–H and O–H groups in total. The first-order valence-electron chi connectivity index (χ1n) is 6.35. The molecular weight excluding hydrogens is 244 g/mol. The molecule has 2 unspecified atom stereocenters. The van der Waals surface area contributed by atoms with Gasteiger partial charge in [0.1, 0.15) is 0 Å². The second kappa shape index (κ2) is 3.81. The van der Waals surface area contributed by atoms with Crippen molar-refractivity contribution in [3.05, 3.63) is 29.3 Å².